The van der Waals surface area contributed by atoms with Crippen LogP contribution in [0.1, 0.15) is 18.9 Å². The zero-order chi connectivity index (χ0) is 16.4. The molecule has 1 aromatic carbocycles. The van der Waals surface area contributed by atoms with E-state index in [-0.39, 0.29) is 0 Å². The van der Waals surface area contributed by atoms with Crippen molar-refractivity contribution < 1.29 is 9.47 Å². The van der Waals surface area contributed by atoms with Crippen LogP contribution in [0.15, 0.2) is 24.4 Å². The largest absolute Gasteiger partial charge is 0.454 e. The van der Waals surface area contributed by atoms with Gasteiger partial charge in [-0.15, -0.1) is 0 Å². The van der Waals surface area contributed by atoms with Gasteiger partial charge in [0, 0.05) is 24.2 Å². The monoisotopic (exact) mass is 328 g/mol. The van der Waals surface area contributed by atoms with Crippen molar-refractivity contribution in [1.82, 2.24) is 20.4 Å². The highest BCUT2D eigenvalue weighted by atomic mass is 16.7. The SMILES string of the molecule is CCN1CC[C@H](CNCc2cn[nH]c2-c2ccc3c(c2)OCO3)C1. The molecule has 2 aliphatic heterocycles. The predicted octanol–water partition coefficient (Wildman–Crippen LogP) is 2.24. The summed E-state index contributed by atoms with van der Waals surface area (Å²) in [6, 6.07) is 6.00. The lowest BCUT2D eigenvalue weighted by molar-refractivity contribution is 0.174. The Kier molecular flexibility index (Phi) is 4.40. The van der Waals surface area contributed by atoms with Crippen LogP contribution in [-0.4, -0.2) is 48.1 Å². The number of ether oxygens (including phenoxy) is 2. The Hall–Kier alpha value is -2.05. The lowest BCUT2D eigenvalue weighted by Crippen LogP contribution is -2.26. The summed E-state index contributed by atoms with van der Waals surface area (Å²) < 4.78 is 10.8. The minimum Gasteiger partial charge on any atom is -0.454 e. The Morgan fingerprint density at radius 1 is 1.33 bits per heavy atom. The van der Waals surface area contributed by atoms with Crippen LogP contribution in [0.25, 0.3) is 11.3 Å². The Balaban J connectivity index is 1.38. The van der Waals surface area contributed by atoms with Gasteiger partial charge in [-0.05, 0) is 50.2 Å². The highest BCUT2D eigenvalue weighted by Gasteiger charge is 2.21. The summed E-state index contributed by atoms with van der Waals surface area (Å²) in [4.78, 5) is 2.52. The van der Waals surface area contributed by atoms with Crippen molar-refractivity contribution in [2.24, 2.45) is 5.92 Å². The molecule has 6 nitrogen and oxygen atoms in total. The lowest BCUT2D eigenvalue weighted by Gasteiger charge is -2.13. The van der Waals surface area contributed by atoms with Crippen molar-refractivity contribution >= 4 is 0 Å². The average Bonchev–Trinajstić information content (AvgIpc) is 3.34. The summed E-state index contributed by atoms with van der Waals surface area (Å²) in [7, 11) is 0. The van der Waals surface area contributed by atoms with E-state index in [1.165, 1.54) is 25.1 Å². The number of H-pyrrole nitrogens is 1. The molecule has 0 radical (unpaired) electrons. The van der Waals surface area contributed by atoms with Gasteiger partial charge < -0.3 is 19.7 Å². The molecule has 1 atom stereocenters. The van der Waals surface area contributed by atoms with Crippen molar-refractivity contribution in [3.63, 3.8) is 0 Å². The first-order valence-corrected chi connectivity index (χ1v) is 8.69. The molecule has 2 aliphatic rings. The lowest BCUT2D eigenvalue weighted by atomic mass is 10.1. The Morgan fingerprint density at radius 3 is 3.12 bits per heavy atom. The topological polar surface area (TPSA) is 62.4 Å². The third kappa shape index (κ3) is 3.12. The third-order valence-electron chi connectivity index (χ3n) is 4.94. The molecule has 4 rings (SSSR count). The summed E-state index contributed by atoms with van der Waals surface area (Å²) in [5, 5.41) is 10.9. The van der Waals surface area contributed by atoms with Gasteiger partial charge in [0.15, 0.2) is 11.5 Å². The molecular weight excluding hydrogens is 304 g/mol. The standard InChI is InChI=1S/C18H24N4O2/c1-2-22-6-5-13(11-22)8-19-9-15-10-20-21-18(15)14-3-4-16-17(7-14)24-12-23-16/h3-4,7,10,13,19H,2,5-6,8-9,11-12H2,1H3,(H,20,21)/t13-/m1/s1. The van der Waals surface area contributed by atoms with Gasteiger partial charge in [-0.25, -0.2) is 0 Å². The number of aromatic amines is 1. The maximum Gasteiger partial charge on any atom is 0.231 e. The highest BCUT2D eigenvalue weighted by molar-refractivity contribution is 5.66. The molecule has 0 saturated carbocycles. The van der Waals surface area contributed by atoms with E-state index in [1.807, 2.05) is 24.4 Å². The number of rotatable bonds is 6. The highest BCUT2D eigenvalue weighted by Crippen LogP contribution is 2.36. The number of hydrogen-bond acceptors (Lipinski definition) is 5. The van der Waals surface area contributed by atoms with Crippen molar-refractivity contribution in [3.8, 4) is 22.8 Å². The van der Waals surface area contributed by atoms with Gasteiger partial charge in [-0.3, -0.25) is 5.10 Å². The minimum atomic E-state index is 0.298. The molecule has 6 heteroatoms. The van der Waals surface area contributed by atoms with Crippen LogP contribution in [0, 0.1) is 5.92 Å². The number of benzene rings is 1. The first kappa shape index (κ1) is 15.5. The molecule has 0 bridgehead atoms. The molecule has 24 heavy (non-hydrogen) atoms. The summed E-state index contributed by atoms with van der Waals surface area (Å²) >= 11 is 0. The van der Waals surface area contributed by atoms with Crippen LogP contribution in [0.4, 0.5) is 0 Å². The predicted molar refractivity (Wildman–Crippen MR) is 92.1 cm³/mol. The zero-order valence-electron chi connectivity index (χ0n) is 14.0. The second-order valence-electron chi connectivity index (χ2n) is 6.52. The molecule has 1 aromatic heterocycles. The summed E-state index contributed by atoms with van der Waals surface area (Å²) in [6.07, 6.45) is 3.20. The van der Waals surface area contributed by atoms with E-state index in [2.05, 4.69) is 27.3 Å². The maximum absolute atomic E-state index is 5.47. The minimum absolute atomic E-state index is 0.298. The molecule has 128 valence electrons. The molecule has 2 aromatic rings. The molecule has 0 unspecified atom stereocenters. The molecule has 1 fully saturated rings. The van der Waals surface area contributed by atoms with Gasteiger partial charge >= 0.3 is 0 Å². The van der Waals surface area contributed by atoms with E-state index in [4.69, 9.17) is 9.47 Å². The van der Waals surface area contributed by atoms with Crippen molar-refractivity contribution in [3.05, 3.63) is 30.0 Å². The smallest absolute Gasteiger partial charge is 0.231 e. The maximum atomic E-state index is 5.47. The molecule has 2 N–H and O–H groups in total. The molecular formula is C18H24N4O2. The average molecular weight is 328 g/mol. The van der Waals surface area contributed by atoms with Crippen molar-refractivity contribution in [2.75, 3.05) is 33.0 Å². The van der Waals surface area contributed by atoms with Crippen LogP contribution < -0.4 is 14.8 Å². The second-order valence-corrected chi connectivity index (χ2v) is 6.52. The molecule has 0 spiro atoms. The summed E-state index contributed by atoms with van der Waals surface area (Å²) in [5.74, 6) is 2.36. The summed E-state index contributed by atoms with van der Waals surface area (Å²) in [5.41, 5.74) is 3.30. The fourth-order valence-electron chi connectivity index (χ4n) is 3.52. The number of nitrogens with one attached hydrogen (secondary N) is 2. The third-order valence-corrected chi connectivity index (χ3v) is 4.94. The Bertz CT molecular complexity index is 700. The molecule has 3 heterocycles. The van der Waals surface area contributed by atoms with Gasteiger partial charge in [0.2, 0.25) is 6.79 Å². The first-order valence-electron chi connectivity index (χ1n) is 8.69. The van der Waals surface area contributed by atoms with Gasteiger partial charge in [-0.2, -0.15) is 5.10 Å². The molecule has 0 aliphatic carbocycles. The van der Waals surface area contributed by atoms with Gasteiger partial charge in [-0.1, -0.05) is 6.92 Å². The van der Waals surface area contributed by atoms with Crippen LogP contribution in [0.2, 0.25) is 0 Å². The van der Waals surface area contributed by atoms with Gasteiger partial charge in [0.25, 0.3) is 0 Å². The number of nitrogens with zero attached hydrogens (tertiary/aromatic N) is 2. The Morgan fingerprint density at radius 2 is 2.25 bits per heavy atom. The van der Waals surface area contributed by atoms with Gasteiger partial charge in [0.1, 0.15) is 0 Å². The zero-order valence-corrected chi connectivity index (χ0v) is 14.0. The van der Waals surface area contributed by atoms with E-state index in [1.54, 1.807) is 0 Å². The first-order chi connectivity index (χ1) is 11.8. The fraction of sp³-hybridized carbons (Fsp3) is 0.500. The quantitative estimate of drug-likeness (QED) is 0.851. The van der Waals surface area contributed by atoms with Crippen LogP contribution in [0.3, 0.4) is 0 Å². The van der Waals surface area contributed by atoms with E-state index in [0.29, 0.717) is 6.79 Å². The van der Waals surface area contributed by atoms with Crippen molar-refractivity contribution in [2.45, 2.75) is 19.9 Å². The fourth-order valence-corrected chi connectivity index (χ4v) is 3.52. The molecule has 1 saturated heterocycles. The van der Waals surface area contributed by atoms with Crippen LogP contribution >= 0.6 is 0 Å². The summed E-state index contributed by atoms with van der Waals surface area (Å²) in [6.45, 7) is 8.02. The van der Waals surface area contributed by atoms with Crippen LogP contribution in [0.5, 0.6) is 11.5 Å². The van der Waals surface area contributed by atoms with E-state index in [9.17, 15) is 0 Å². The number of fused-ring (bicyclic) bond motifs is 1. The second kappa shape index (κ2) is 6.83. The molecule has 0 amide bonds. The van der Waals surface area contributed by atoms with Gasteiger partial charge in [0.05, 0.1) is 11.9 Å². The number of aromatic nitrogens is 2. The normalized spacial score (nSPS) is 20.0. The van der Waals surface area contributed by atoms with E-state index < -0.39 is 0 Å². The van der Waals surface area contributed by atoms with E-state index in [0.717, 1.165) is 48.3 Å². The van der Waals surface area contributed by atoms with E-state index >= 15 is 0 Å². The Labute approximate surface area is 142 Å². The van der Waals surface area contributed by atoms with Crippen molar-refractivity contribution in [1.29, 1.82) is 0 Å². The van der Waals surface area contributed by atoms with Crippen LogP contribution in [-0.2, 0) is 6.54 Å². The number of hydrogen-bond donors (Lipinski definition) is 2. The number of likely N-dealkylation sites (tertiary alicyclic amines) is 1.